The number of carbonyl (C=O) groups is 2. The van der Waals surface area contributed by atoms with E-state index < -0.39 is 0 Å². The Morgan fingerprint density at radius 2 is 2.00 bits per heavy atom. The van der Waals surface area contributed by atoms with Crippen molar-refractivity contribution in [2.24, 2.45) is 5.92 Å². The minimum atomic E-state index is -0.262. The van der Waals surface area contributed by atoms with Gasteiger partial charge in [-0.25, -0.2) is 0 Å². The Kier molecular flexibility index (Phi) is 5.00. The predicted octanol–water partition coefficient (Wildman–Crippen LogP) is 2.93. The molecule has 128 valence electrons. The van der Waals surface area contributed by atoms with Crippen LogP contribution in [-0.2, 0) is 9.53 Å². The molecule has 1 aliphatic carbocycles. The summed E-state index contributed by atoms with van der Waals surface area (Å²) in [6.45, 7) is 5.29. The van der Waals surface area contributed by atoms with Crippen LogP contribution in [0.15, 0.2) is 24.3 Å². The molecule has 0 aliphatic heterocycles. The first kappa shape index (κ1) is 16.7. The molecule has 2 aromatic rings. The van der Waals surface area contributed by atoms with Crippen molar-refractivity contribution in [2.45, 2.75) is 26.7 Å². The van der Waals surface area contributed by atoms with Gasteiger partial charge in [-0.2, -0.15) is 0 Å². The lowest BCUT2D eigenvalue weighted by atomic mass is 10.1. The van der Waals surface area contributed by atoms with Crippen LogP contribution in [0.25, 0.3) is 10.9 Å². The van der Waals surface area contributed by atoms with Gasteiger partial charge >= 0.3 is 5.97 Å². The molecule has 1 heterocycles. The number of Topliss-reactive ketones (excluding diaryl/α,β-unsaturated/α-hetero) is 1. The molecule has 5 nitrogen and oxygen atoms in total. The van der Waals surface area contributed by atoms with E-state index >= 15 is 0 Å². The number of aromatic nitrogens is 1. The largest absolute Gasteiger partial charge is 0.465 e. The third kappa shape index (κ3) is 3.85. The van der Waals surface area contributed by atoms with E-state index in [9.17, 15) is 9.59 Å². The molecule has 1 fully saturated rings. The summed E-state index contributed by atoms with van der Waals surface area (Å²) in [6, 6.07) is 7.82. The summed E-state index contributed by atoms with van der Waals surface area (Å²) in [6.07, 6.45) is 2.36. The molecule has 0 bridgehead atoms. The maximum atomic E-state index is 12.9. The zero-order valence-electron chi connectivity index (χ0n) is 14.3. The van der Waals surface area contributed by atoms with E-state index in [1.807, 2.05) is 36.1 Å². The smallest absolute Gasteiger partial charge is 0.320 e. The number of rotatable bonds is 8. The Bertz CT molecular complexity index is 746. The minimum absolute atomic E-state index is 0.0508. The van der Waals surface area contributed by atoms with Crippen LogP contribution in [0.1, 0.15) is 35.8 Å². The number of hydrogen-bond donors (Lipinski definition) is 1. The Morgan fingerprint density at radius 3 is 2.71 bits per heavy atom. The summed E-state index contributed by atoms with van der Waals surface area (Å²) in [5, 5.41) is 0.947. The number of esters is 1. The minimum Gasteiger partial charge on any atom is -0.465 e. The summed E-state index contributed by atoms with van der Waals surface area (Å²) in [5.74, 6) is 0.396. The highest BCUT2D eigenvalue weighted by molar-refractivity contribution is 6.10. The number of nitrogens with one attached hydrogen (secondary N) is 1. The number of ether oxygens (including phenoxy) is 1. The molecule has 1 aromatic carbocycles. The summed E-state index contributed by atoms with van der Waals surface area (Å²) in [7, 11) is 0. The molecule has 0 spiro atoms. The zero-order valence-corrected chi connectivity index (χ0v) is 14.3. The average molecular weight is 328 g/mol. The van der Waals surface area contributed by atoms with Gasteiger partial charge in [0.2, 0.25) is 0 Å². The van der Waals surface area contributed by atoms with E-state index in [-0.39, 0.29) is 24.8 Å². The molecule has 1 aromatic heterocycles. The van der Waals surface area contributed by atoms with E-state index in [4.69, 9.17) is 4.74 Å². The molecule has 0 saturated heterocycles. The number of nitrogens with zero attached hydrogens (tertiary/aromatic N) is 1. The van der Waals surface area contributed by atoms with Crippen molar-refractivity contribution in [1.82, 2.24) is 9.88 Å². The molecule has 0 amide bonds. The Morgan fingerprint density at radius 1 is 1.25 bits per heavy atom. The van der Waals surface area contributed by atoms with Crippen molar-refractivity contribution in [3.8, 4) is 0 Å². The molecule has 3 rings (SSSR count). The molecule has 0 atom stereocenters. The Labute approximate surface area is 142 Å². The summed E-state index contributed by atoms with van der Waals surface area (Å²) in [4.78, 5) is 29.9. The van der Waals surface area contributed by atoms with Gasteiger partial charge in [0.15, 0.2) is 5.78 Å². The average Bonchev–Trinajstić information content (AvgIpc) is 3.26. The lowest BCUT2D eigenvalue weighted by Gasteiger charge is -2.20. The fourth-order valence-corrected chi connectivity index (χ4v) is 3.16. The summed E-state index contributed by atoms with van der Waals surface area (Å²) < 4.78 is 5.04. The first-order chi connectivity index (χ1) is 11.6. The highest BCUT2D eigenvalue weighted by Gasteiger charge is 2.27. The molecule has 0 radical (unpaired) electrons. The fraction of sp³-hybridized carbons (Fsp3) is 0.474. The van der Waals surface area contributed by atoms with Gasteiger partial charge in [-0.05, 0) is 38.7 Å². The third-order valence-electron chi connectivity index (χ3n) is 4.41. The van der Waals surface area contributed by atoms with E-state index in [2.05, 4.69) is 4.98 Å². The summed E-state index contributed by atoms with van der Waals surface area (Å²) >= 11 is 0. The van der Waals surface area contributed by atoms with Gasteiger partial charge in [0.05, 0.1) is 19.7 Å². The van der Waals surface area contributed by atoms with Gasteiger partial charge in [0, 0.05) is 28.7 Å². The second-order valence-corrected chi connectivity index (χ2v) is 6.51. The second kappa shape index (κ2) is 7.18. The van der Waals surface area contributed by atoms with Crippen LogP contribution in [0.5, 0.6) is 0 Å². The molecule has 1 N–H and O–H groups in total. The van der Waals surface area contributed by atoms with E-state index in [1.54, 1.807) is 6.92 Å². The van der Waals surface area contributed by atoms with Gasteiger partial charge < -0.3 is 9.72 Å². The number of benzene rings is 1. The molecule has 1 saturated carbocycles. The standard InChI is InChI=1S/C19H24N2O3/c1-3-24-18(23)12-21(10-14-8-9-14)11-17(22)19-13(2)20-16-7-5-4-6-15(16)19/h4-7,14,20H,3,8-12H2,1-2H3. The fourth-order valence-electron chi connectivity index (χ4n) is 3.16. The van der Waals surface area contributed by atoms with Crippen LogP contribution < -0.4 is 0 Å². The van der Waals surface area contributed by atoms with Gasteiger partial charge in [-0.15, -0.1) is 0 Å². The van der Waals surface area contributed by atoms with Crippen LogP contribution >= 0.6 is 0 Å². The molecule has 0 unspecified atom stereocenters. The predicted molar refractivity (Wildman–Crippen MR) is 93.2 cm³/mol. The van der Waals surface area contributed by atoms with Crippen molar-refractivity contribution < 1.29 is 14.3 Å². The normalized spacial score (nSPS) is 14.3. The molecular weight excluding hydrogens is 304 g/mol. The topological polar surface area (TPSA) is 62.4 Å². The van der Waals surface area contributed by atoms with E-state index in [0.717, 1.165) is 28.7 Å². The van der Waals surface area contributed by atoms with Crippen molar-refractivity contribution in [2.75, 3.05) is 26.2 Å². The van der Waals surface area contributed by atoms with Crippen LogP contribution in [0, 0.1) is 12.8 Å². The molecule has 1 aliphatic rings. The second-order valence-electron chi connectivity index (χ2n) is 6.51. The molecular formula is C19H24N2O3. The van der Waals surface area contributed by atoms with Gasteiger partial charge in [-0.1, -0.05) is 18.2 Å². The number of carbonyl (C=O) groups excluding carboxylic acids is 2. The SMILES string of the molecule is CCOC(=O)CN(CC(=O)c1c(C)[nH]c2ccccc12)CC1CC1. The monoisotopic (exact) mass is 328 g/mol. The zero-order chi connectivity index (χ0) is 17.1. The van der Waals surface area contributed by atoms with E-state index in [0.29, 0.717) is 12.5 Å². The number of ketones is 1. The van der Waals surface area contributed by atoms with Crippen LogP contribution in [-0.4, -0.2) is 47.9 Å². The number of aromatic amines is 1. The maximum absolute atomic E-state index is 12.9. The first-order valence-electron chi connectivity index (χ1n) is 8.57. The highest BCUT2D eigenvalue weighted by Crippen LogP contribution is 2.30. The van der Waals surface area contributed by atoms with Crippen LogP contribution in [0.3, 0.4) is 0 Å². The number of fused-ring (bicyclic) bond motifs is 1. The lowest BCUT2D eigenvalue weighted by Crippen LogP contribution is -2.37. The van der Waals surface area contributed by atoms with Crippen molar-refractivity contribution in [1.29, 1.82) is 0 Å². The van der Waals surface area contributed by atoms with Crippen LogP contribution in [0.2, 0.25) is 0 Å². The van der Waals surface area contributed by atoms with Gasteiger partial charge in [0.1, 0.15) is 0 Å². The molecule has 5 heteroatoms. The quantitative estimate of drug-likeness (QED) is 0.598. The van der Waals surface area contributed by atoms with E-state index in [1.165, 1.54) is 12.8 Å². The number of hydrogen-bond acceptors (Lipinski definition) is 4. The van der Waals surface area contributed by atoms with Crippen molar-refractivity contribution in [3.63, 3.8) is 0 Å². The number of H-pyrrole nitrogens is 1. The van der Waals surface area contributed by atoms with Crippen molar-refractivity contribution >= 4 is 22.7 Å². The first-order valence-corrected chi connectivity index (χ1v) is 8.57. The number of para-hydroxylation sites is 1. The van der Waals surface area contributed by atoms with Gasteiger partial charge in [-0.3, -0.25) is 14.5 Å². The van der Waals surface area contributed by atoms with Gasteiger partial charge in [0.25, 0.3) is 0 Å². The number of aryl methyl sites for hydroxylation is 1. The highest BCUT2D eigenvalue weighted by atomic mass is 16.5. The van der Waals surface area contributed by atoms with Crippen LogP contribution in [0.4, 0.5) is 0 Å². The van der Waals surface area contributed by atoms with Crippen molar-refractivity contribution in [3.05, 3.63) is 35.5 Å². The molecule has 24 heavy (non-hydrogen) atoms. The Balaban J connectivity index is 1.76. The lowest BCUT2D eigenvalue weighted by molar-refractivity contribution is -0.144. The third-order valence-corrected chi connectivity index (χ3v) is 4.41. The summed E-state index contributed by atoms with van der Waals surface area (Å²) in [5.41, 5.74) is 2.58. The Hall–Kier alpha value is -2.14. The maximum Gasteiger partial charge on any atom is 0.320 e.